The van der Waals surface area contributed by atoms with Crippen molar-refractivity contribution in [3.63, 3.8) is 0 Å². The Morgan fingerprint density at radius 2 is 0.658 bits per heavy atom. The number of hydrogen-bond acceptors (Lipinski definition) is 0. The zero-order chi connectivity index (χ0) is 26.0. The summed E-state index contributed by atoms with van der Waals surface area (Å²) in [5.74, 6) is 0. The average molecular weight is 550 g/mol. The van der Waals surface area contributed by atoms with Crippen LogP contribution in [0.1, 0.15) is 0 Å². The summed E-state index contributed by atoms with van der Waals surface area (Å²) in [6, 6.07) is 56.3. The fraction of sp³-hybridized carbons (Fsp3) is 0.143. The van der Waals surface area contributed by atoms with Gasteiger partial charge in [0.2, 0.25) is 0 Å². The first-order chi connectivity index (χ1) is 18.7. The van der Waals surface area contributed by atoms with Gasteiger partial charge in [0.25, 0.3) is 0 Å². The molecule has 190 valence electrons. The molecule has 0 aliphatic heterocycles. The van der Waals surface area contributed by atoms with Gasteiger partial charge in [0.1, 0.15) is 0 Å². The predicted octanol–water partition coefficient (Wildman–Crippen LogP) is 7.23. The number of benzene rings is 5. The van der Waals surface area contributed by atoms with Gasteiger partial charge in [0.05, 0.1) is 24.3 Å². The van der Waals surface area contributed by atoms with Gasteiger partial charge in [0, 0.05) is 19.6 Å². The highest BCUT2D eigenvalue weighted by Gasteiger charge is 2.36. The number of rotatable bonds is 11. The van der Waals surface area contributed by atoms with Crippen LogP contribution in [0, 0.1) is 0 Å². The van der Waals surface area contributed by atoms with E-state index >= 15 is 0 Å². The van der Waals surface area contributed by atoms with Crippen molar-refractivity contribution in [1.82, 2.24) is 0 Å². The van der Waals surface area contributed by atoms with E-state index in [0.29, 0.717) is 0 Å². The van der Waals surface area contributed by atoms with Gasteiger partial charge >= 0.3 is 0 Å². The van der Waals surface area contributed by atoms with E-state index in [1.165, 1.54) is 45.9 Å². The first-order valence-corrected chi connectivity index (χ1v) is 19.0. The van der Waals surface area contributed by atoms with Crippen molar-refractivity contribution in [3.8, 4) is 0 Å². The lowest BCUT2D eigenvalue weighted by atomic mass is 10.4. The van der Waals surface area contributed by atoms with Crippen LogP contribution in [0.5, 0.6) is 0 Å². The second-order valence-corrected chi connectivity index (χ2v) is 18.7. The van der Waals surface area contributed by atoms with Gasteiger partial charge in [-0.1, -0.05) is 140 Å². The van der Waals surface area contributed by atoms with Crippen molar-refractivity contribution in [2.24, 2.45) is 0 Å². The Bertz CT molecular complexity index is 1190. The van der Waals surface area contributed by atoms with Crippen molar-refractivity contribution in [2.45, 2.75) is 0 Å². The molecule has 0 amide bonds. The predicted molar refractivity (Wildman–Crippen MR) is 177 cm³/mol. The summed E-state index contributed by atoms with van der Waals surface area (Å²) in [6.07, 6.45) is 5.02. The molecule has 0 bridgehead atoms. The molecule has 0 saturated heterocycles. The molecule has 38 heavy (non-hydrogen) atoms. The zero-order valence-corrected chi connectivity index (χ0v) is 24.8. The third-order valence-corrected chi connectivity index (χ3v) is 17.0. The molecule has 0 unspecified atom stereocenters. The fourth-order valence-corrected chi connectivity index (χ4v) is 15.6. The second-order valence-electron chi connectivity index (χ2n) is 9.82. The van der Waals surface area contributed by atoms with E-state index in [-0.39, 0.29) is 15.8 Å². The highest BCUT2D eigenvalue weighted by atomic mass is 31.2. The van der Waals surface area contributed by atoms with Crippen molar-refractivity contribution in [2.75, 3.05) is 31.3 Å². The Hall–Kier alpha value is -2.61. The largest absolute Gasteiger partial charge is 0.0936 e. The van der Waals surface area contributed by atoms with Crippen LogP contribution in [0.2, 0.25) is 0 Å². The molecule has 0 spiro atoms. The van der Waals surface area contributed by atoms with Gasteiger partial charge in [-0.05, 0) is 49.2 Å². The normalized spacial score (nSPS) is 11.7. The Labute approximate surface area is 232 Å². The molecule has 5 rings (SSSR count). The molecular weight excluding hydrogens is 513 g/mol. The van der Waals surface area contributed by atoms with Gasteiger partial charge in [-0.2, -0.15) is 0 Å². The summed E-state index contributed by atoms with van der Waals surface area (Å²) in [5, 5.41) is 7.54. The molecule has 0 N–H and O–H groups in total. The minimum absolute atomic E-state index is 0.386. The second kappa shape index (κ2) is 13.5. The van der Waals surface area contributed by atoms with Crippen molar-refractivity contribution in [1.29, 1.82) is 0 Å². The summed E-state index contributed by atoms with van der Waals surface area (Å²) in [7, 11) is -2.15. The van der Waals surface area contributed by atoms with Crippen LogP contribution in [0.15, 0.2) is 152 Å². The van der Waals surface area contributed by atoms with E-state index in [0.717, 1.165) is 0 Å². The molecule has 5 aromatic carbocycles. The summed E-state index contributed by atoms with van der Waals surface area (Å²) in [4.78, 5) is 0. The Kier molecular flexibility index (Phi) is 9.55. The van der Waals surface area contributed by atoms with Crippen molar-refractivity contribution in [3.05, 3.63) is 152 Å². The monoisotopic (exact) mass is 549 g/mol. The maximum Gasteiger partial charge on any atom is 0.0936 e. The van der Waals surface area contributed by atoms with Crippen LogP contribution in [0.25, 0.3) is 0 Å². The molecule has 0 heterocycles. The Balaban J connectivity index is 1.44. The highest BCUT2D eigenvalue weighted by molar-refractivity contribution is 7.84. The zero-order valence-electron chi connectivity index (χ0n) is 22.1. The van der Waals surface area contributed by atoms with Gasteiger partial charge < -0.3 is 0 Å². The molecule has 0 fully saturated rings. The van der Waals surface area contributed by atoms with Gasteiger partial charge in [-0.3, -0.25) is 0 Å². The third kappa shape index (κ3) is 6.87. The Morgan fingerprint density at radius 1 is 0.395 bits per heavy atom. The van der Waals surface area contributed by atoms with Crippen molar-refractivity contribution >= 4 is 49.6 Å². The molecule has 0 radical (unpaired) electrons. The quantitative estimate of drug-likeness (QED) is 0.153. The third-order valence-electron chi connectivity index (χ3n) is 7.29. The van der Waals surface area contributed by atoms with Crippen LogP contribution in [0.3, 0.4) is 0 Å². The molecule has 5 aromatic rings. The van der Waals surface area contributed by atoms with Crippen LogP contribution >= 0.6 is 23.1 Å². The summed E-state index contributed by atoms with van der Waals surface area (Å²) in [5.41, 5.74) is 0. The fourth-order valence-electron chi connectivity index (χ4n) is 5.05. The molecule has 0 nitrogen and oxygen atoms in total. The minimum atomic E-state index is -1.38. The average Bonchev–Trinajstić information content (AvgIpc) is 3.00. The lowest BCUT2D eigenvalue weighted by molar-refractivity contribution is 1.39. The molecular formula is C35H36P3+. The van der Waals surface area contributed by atoms with Crippen LogP contribution in [-0.2, 0) is 0 Å². The standard InChI is InChI=1S/C35H36P3/c1-38(35-25-15-6-16-26-35,29-27-36(31-17-7-2-8-18-31)32-19-9-3-10-20-32)30-28-37(33-21-11-4-12-22-33)34-23-13-5-14-24-34/h2-26H,27-30H2,1H3/q+1. The molecule has 0 saturated carbocycles. The van der Waals surface area contributed by atoms with E-state index in [4.69, 9.17) is 0 Å². The highest BCUT2D eigenvalue weighted by Crippen LogP contribution is 2.57. The maximum absolute atomic E-state index is 2.62. The van der Waals surface area contributed by atoms with Crippen molar-refractivity contribution < 1.29 is 0 Å². The van der Waals surface area contributed by atoms with E-state index in [1.54, 1.807) is 5.30 Å². The maximum atomic E-state index is 2.62. The summed E-state index contributed by atoms with van der Waals surface area (Å²) < 4.78 is 0. The first-order valence-electron chi connectivity index (χ1n) is 13.4. The SMILES string of the molecule is C[P+](CCP(c1ccccc1)c1ccccc1)(CCP(c1ccccc1)c1ccccc1)c1ccccc1. The van der Waals surface area contributed by atoms with E-state index in [9.17, 15) is 0 Å². The van der Waals surface area contributed by atoms with Gasteiger partial charge in [-0.25, -0.2) is 0 Å². The van der Waals surface area contributed by atoms with Crippen LogP contribution in [-0.4, -0.2) is 31.3 Å². The molecule has 0 atom stereocenters. The van der Waals surface area contributed by atoms with Crippen LogP contribution < -0.4 is 26.5 Å². The van der Waals surface area contributed by atoms with Crippen LogP contribution in [0.4, 0.5) is 0 Å². The van der Waals surface area contributed by atoms with E-state index < -0.39 is 7.26 Å². The molecule has 0 aliphatic carbocycles. The van der Waals surface area contributed by atoms with E-state index in [2.05, 4.69) is 158 Å². The first kappa shape index (κ1) is 27.0. The Morgan fingerprint density at radius 3 is 0.947 bits per heavy atom. The topological polar surface area (TPSA) is 0 Å². The molecule has 3 heteroatoms. The molecule has 0 aliphatic rings. The lowest BCUT2D eigenvalue weighted by Gasteiger charge is -2.28. The summed E-state index contributed by atoms with van der Waals surface area (Å²) in [6.45, 7) is 2.62. The number of hydrogen-bond donors (Lipinski definition) is 0. The summed E-state index contributed by atoms with van der Waals surface area (Å²) >= 11 is 0. The lowest BCUT2D eigenvalue weighted by Crippen LogP contribution is -2.24. The van der Waals surface area contributed by atoms with Gasteiger partial charge in [0.15, 0.2) is 0 Å². The van der Waals surface area contributed by atoms with E-state index in [1.807, 2.05) is 0 Å². The smallest absolute Gasteiger partial charge is 0.0622 e. The molecule has 0 aromatic heterocycles. The minimum Gasteiger partial charge on any atom is -0.0622 e. The van der Waals surface area contributed by atoms with Gasteiger partial charge in [-0.15, -0.1) is 0 Å².